The minimum atomic E-state index is -4.48. The summed E-state index contributed by atoms with van der Waals surface area (Å²) in [6.45, 7) is -1.16. The summed E-state index contributed by atoms with van der Waals surface area (Å²) in [5.74, 6) is -0.0925. The quantitative estimate of drug-likeness (QED) is 0.614. The minimum absolute atomic E-state index is 0.0674. The molecular weight excluding hydrogens is 385 g/mol. The molecule has 0 atom stereocenters. The van der Waals surface area contributed by atoms with Gasteiger partial charge in [0, 0.05) is 23.5 Å². The average Bonchev–Trinajstić information content (AvgIpc) is 2.72. The lowest BCUT2D eigenvalue weighted by molar-refractivity contribution is -0.153. The number of amides is 1. The monoisotopic (exact) mass is 402 g/mol. The molecule has 0 bridgehead atoms. The van der Waals surface area contributed by atoms with Crippen molar-refractivity contribution in [2.24, 2.45) is 0 Å². The lowest BCUT2D eigenvalue weighted by atomic mass is 10.2. The molecule has 0 radical (unpaired) electrons. The van der Waals surface area contributed by atoms with Gasteiger partial charge in [-0.1, -0.05) is 24.3 Å². The van der Waals surface area contributed by atoms with Crippen LogP contribution in [0.1, 0.15) is 15.9 Å². The summed E-state index contributed by atoms with van der Waals surface area (Å²) in [4.78, 5) is 16.5. The van der Waals surface area contributed by atoms with E-state index in [0.29, 0.717) is 11.3 Å². The molecule has 0 aliphatic heterocycles. The standard InChI is InChI=1S/C21H17F3N2O3/c22-21(23,24)14-29-19-9-2-1-8-18(19)26-20(27)16-6-3-7-17(11-16)28-13-15-5-4-10-25-12-15/h1-12H,13-14H2,(H,26,27). The van der Waals surface area contributed by atoms with Crippen molar-refractivity contribution in [3.05, 3.63) is 84.2 Å². The molecule has 0 aliphatic carbocycles. The van der Waals surface area contributed by atoms with Crippen molar-refractivity contribution < 1.29 is 27.4 Å². The van der Waals surface area contributed by atoms with Gasteiger partial charge < -0.3 is 14.8 Å². The van der Waals surface area contributed by atoms with Gasteiger partial charge >= 0.3 is 6.18 Å². The molecule has 3 aromatic rings. The number of hydrogen-bond acceptors (Lipinski definition) is 4. The number of nitrogens with one attached hydrogen (secondary N) is 1. The zero-order chi connectivity index (χ0) is 20.7. The van der Waals surface area contributed by atoms with E-state index in [0.717, 1.165) is 5.56 Å². The summed E-state index contributed by atoms with van der Waals surface area (Å²) in [6.07, 6.45) is -1.14. The molecule has 1 amide bonds. The summed E-state index contributed by atoms with van der Waals surface area (Å²) in [5, 5.41) is 2.57. The van der Waals surface area contributed by atoms with E-state index in [2.05, 4.69) is 10.3 Å². The molecule has 2 aromatic carbocycles. The molecule has 0 saturated heterocycles. The van der Waals surface area contributed by atoms with Crippen LogP contribution in [0.3, 0.4) is 0 Å². The average molecular weight is 402 g/mol. The zero-order valence-corrected chi connectivity index (χ0v) is 15.1. The molecule has 0 aliphatic rings. The van der Waals surface area contributed by atoms with Crippen LogP contribution in [-0.2, 0) is 6.61 Å². The van der Waals surface area contributed by atoms with Gasteiger partial charge in [-0.3, -0.25) is 9.78 Å². The van der Waals surface area contributed by atoms with Crippen molar-refractivity contribution in [2.75, 3.05) is 11.9 Å². The summed E-state index contributed by atoms with van der Waals surface area (Å²) in [6, 6.07) is 16.1. The van der Waals surface area contributed by atoms with Crippen molar-refractivity contribution in [3.63, 3.8) is 0 Å². The van der Waals surface area contributed by atoms with Crippen molar-refractivity contribution in [3.8, 4) is 11.5 Å². The molecule has 3 rings (SSSR count). The molecule has 150 valence electrons. The van der Waals surface area contributed by atoms with E-state index in [-0.39, 0.29) is 18.0 Å². The van der Waals surface area contributed by atoms with Gasteiger partial charge in [0.25, 0.3) is 5.91 Å². The van der Waals surface area contributed by atoms with Gasteiger partial charge in [0.05, 0.1) is 5.69 Å². The Morgan fingerprint density at radius 2 is 1.83 bits per heavy atom. The number of rotatable bonds is 7. The number of alkyl halides is 3. The molecule has 1 heterocycles. The normalized spacial score (nSPS) is 11.0. The zero-order valence-electron chi connectivity index (χ0n) is 15.1. The highest BCUT2D eigenvalue weighted by molar-refractivity contribution is 6.05. The van der Waals surface area contributed by atoms with Gasteiger partial charge in [0.1, 0.15) is 18.1 Å². The SMILES string of the molecule is O=C(Nc1ccccc1OCC(F)(F)F)c1cccc(OCc2cccnc2)c1. The van der Waals surface area contributed by atoms with Gasteiger partial charge in [0.15, 0.2) is 6.61 Å². The van der Waals surface area contributed by atoms with E-state index in [1.807, 2.05) is 6.07 Å². The number of benzene rings is 2. The van der Waals surface area contributed by atoms with Crippen molar-refractivity contribution in [2.45, 2.75) is 12.8 Å². The molecule has 1 aromatic heterocycles. The second-order valence-corrected chi connectivity index (χ2v) is 6.03. The van der Waals surface area contributed by atoms with Gasteiger partial charge in [0.2, 0.25) is 0 Å². The maximum atomic E-state index is 12.5. The summed E-state index contributed by atoms with van der Waals surface area (Å²) >= 11 is 0. The minimum Gasteiger partial charge on any atom is -0.489 e. The van der Waals surface area contributed by atoms with E-state index in [1.165, 1.54) is 18.2 Å². The number of carbonyl (C=O) groups is 1. The highest BCUT2D eigenvalue weighted by Crippen LogP contribution is 2.27. The number of pyridine rings is 1. The third-order valence-corrected chi connectivity index (χ3v) is 3.75. The molecule has 0 fully saturated rings. The van der Waals surface area contributed by atoms with Crippen LogP contribution in [0.4, 0.5) is 18.9 Å². The third-order valence-electron chi connectivity index (χ3n) is 3.75. The van der Waals surface area contributed by atoms with Crippen LogP contribution in [0, 0.1) is 0 Å². The number of halogens is 3. The number of aromatic nitrogens is 1. The fourth-order valence-corrected chi connectivity index (χ4v) is 2.43. The fraction of sp³-hybridized carbons (Fsp3) is 0.143. The first kappa shape index (κ1) is 20.2. The van der Waals surface area contributed by atoms with E-state index < -0.39 is 18.7 Å². The van der Waals surface area contributed by atoms with Crippen LogP contribution in [0.15, 0.2) is 73.1 Å². The Morgan fingerprint density at radius 3 is 2.59 bits per heavy atom. The molecule has 5 nitrogen and oxygen atoms in total. The highest BCUT2D eigenvalue weighted by atomic mass is 19.4. The number of ether oxygens (including phenoxy) is 2. The van der Waals surface area contributed by atoms with Gasteiger partial charge in [-0.2, -0.15) is 13.2 Å². The van der Waals surface area contributed by atoms with Crippen LogP contribution in [0.5, 0.6) is 11.5 Å². The number of carbonyl (C=O) groups excluding carboxylic acids is 1. The van der Waals surface area contributed by atoms with Crippen LogP contribution in [0.25, 0.3) is 0 Å². The molecule has 1 N–H and O–H groups in total. The Bertz CT molecular complexity index is 963. The smallest absolute Gasteiger partial charge is 0.422 e. The topological polar surface area (TPSA) is 60.5 Å². The molecule has 0 spiro atoms. The number of hydrogen-bond donors (Lipinski definition) is 1. The van der Waals surface area contributed by atoms with Gasteiger partial charge in [-0.15, -0.1) is 0 Å². The van der Waals surface area contributed by atoms with E-state index in [1.54, 1.807) is 48.8 Å². The summed E-state index contributed by atoms with van der Waals surface area (Å²) < 4.78 is 47.7. The van der Waals surface area contributed by atoms with Gasteiger partial charge in [-0.05, 0) is 36.4 Å². The lowest BCUT2D eigenvalue weighted by Gasteiger charge is -2.14. The molecule has 0 saturated carbocycles. The fourth-order valence-electron chi connectivity index (χ4n) is 2.43. The summed E-state index contributed by atoms with van der Waals surface area (Å²) in [5.41, 5.74) is 1.31. The first-order valence-electron chi connectivity index (χ1n) is 8.62. The Hall–Kier alpha value is -3.55. The molecule has 8 heteroatoms. The van der Waals surface area contributed by atoms with Crippen LogP contribution in [-0.4, -0.2) is 23.7 Å². The summed E-state index contributed by atoms with van der Waals surface area (Å²) in [7, 11) is 0. The molecule has 29 heavy (non-hydrogen) atoms. The van der Waals surface area contributed by atoms with Gasteiger partial charge in [-0.25, -0.2) is 0 Å². The Kier molecular flexibility index (Phi) is 6.33. The highest BCUT2D eigenvalue weighted by Gasteiger charge is 2.28. The van der Waals surface area contributed by atoms with E-state index in [4.69, 9.17) is 9.47 Å². The first-order chi connectivity index (χ1) is 13.9. The Morgan fingerprint density at radius 1 is 1.00 bits per heavy atom. The Labute approximate surface area is 165 Å². The number of para-hydroxylation sites is 2. The third kappa shape index (κ3) is 6.24. The van der Waals surface area contributed by atoms with E-state index >= 15 is 0 Å². The van der Waals surface area contributed by atoms with Crippen LogP contribution < -0.4 is 14.8 Å². The van der Waals surface area contributed by atoms with Crippen molar-refractivity contribution >= 4 is 11.6 Å². The number of anilines is 1. The predicted molar refractivity (Wildman–Crippen MR) is 101 cm³/mol. The van der Waals surface area contributed by atoms with Crippen molar-refractivity contribution in [1.82, 2.24) is 4.98 Å². The predicted octanol–water partition coefficient (Wildman–Crippen LogP) is 4.85. The van der Waals surface area contributed by atoms with Crippen molar-refractivity contribution in [1.29, 1.82) is 0 Å². The maximum Gasteiger partial charge on any atom is 0.422 e. The van der Waals surface area contributed by atoms with Crippen LogP contribution >= 0.6 is 0 Å². The molecule has 0 unspecified atom stereocenters. The second kappa shape index (κ2) is 9.09. The largest absolute Gasteiger partial charge is 0.489 e. The lowest BCUT2D eigenvalue weighted by Crippen LogP contribution is -2.20. The second-order valence-electron chi connectivity index (χ2n) is 6.03. The first-order valence-corrected chi connectivity index (χ1v) is 8.62. The van der Waals surface area contributed by atoms with Crippen LogP contribution in [0.2, 0.25) is 0 Å². The van der Waals surface area contributed by atoms with E-state index in [9.17, 15) is 18.0 Å². The molecular formula is C21H17F3N2O3. The number of nitrogens with zero attached hydrogens (tertiary/aromatic N) is 1. The Balaban J connectivity index is 1.67. The maximum absolute atomic E-state index is 12.5.